The summed E-state index contributed by atoms with van der Waals surface area (Å²) in [4.78, 5) is 42.6. The first-order valence-corrected chi connectivity index (χ1v) is 12.9. The van der Waals surface area contributed by atoms with Gasteiger partial charge in [-0.15, -0.1) is 0 Å². The van der Waals surface area contributed by atoms with Gasteiger partial charge in [-0.05, 0) is 53.9 Å². The van der Waals surface area contributed by atoms with E-state index in [-0.39, 0.29) is 23.4 Å². The van der Waals surface area contributed by atoms with Crippen molar-refractivity contribution in [3.05, 3.63) is 123 Å². The normalized spacial score (nSPS) is 20.8. The van der Waals surface area contributed by atoms with Crippen LogP contribution in [0, 0.1) is 11.7 Å². The quantitative estimate of drug-likeness (QED) is 0.337. The SMILES string of the molecule is COC(=O)C1=C(N)N(c2ccc(F)cc2)C2=C(C(=O)[C@H](C(=O)OC)[C@H](c3ccccc3)C2)[C@@H]1c1cccc(Cl)c1. The van der Waals surface area contributed by atoms with Crippen molar-refractivity contribution in [3.63, 3.8) is 0 Å². The Bertz CT molecular complexity index is 1550. The molecule has 0 bridgehead atoms. The molecule has 3 aromatic rings. The predicted molar refractivity (Wildman–Crippen MR) is 148 cm³/mol. The van der Waals surface area contributed by atoms with Crippen LogP contribution in [0.2, 0.25) is 5.02 Å². The third kappa shape index (κ3) is 4.64. The molecule has 0 fully saturated rings. The molecule has 1 aliphatic carbocycles. The molecule has 0 unspecified atom stereocenters. The van der Waals surface area contributed by atoms with E-state index in [1.54, 1.807) is 29.2 Å². The molecule has 3 aromatic carbocycles. The number of hydrogen-bond acceptors (Lipinski definition) is 7. The number of carbonyl (C=O) groups is 3. The van der Waals surface area contributed by atoms with Crippen LogP contribution in [-0.4, -0.2) is 31.9 Å². The summed E-state index contributed by atoms with van der Waals surface area (Å²) in [6.45, 7) is 0. The van der Waals surface area contributed by atoms with Gasteiger partial charge in [-0.25, -0.2) is 9.18 Å². The number of hydrogen-bond donors (Lipinski definition) is 1. The van der Waals surface area contributed by atoms with Crippen LogP contribution < -0.4 is 10.6 Å². The van der Waals surface area contributed by atoms with Gasteiger partial charge < -0.3 is 15.2 Å². The second kappa shape index (κ2) is 11.0. The summed E-state index contributed by atoms with van der Waals surface area (Å²) in [7, 11) is 2.45. The predicted octanol–water partition coefficient (Wildman–Crippen LogP) is 5.23. The average molecular weight is 561 g/mol. The third-order valence-electron chi connectivity index (χ3n) is 7.39. The van der Waals surface area contributed by atoms with E-state index < -0.39 is 41.3 Å². The molecular formula is C31H26ClFN2O5. The number of rotatable bonds is 5. The van der Waals surface area contributed by atoms with Crippen molar-refractivity contribution in [1.82, 2.24) is 0 Å². The number of halogens is 2. The fraction of sp³-hybridized carbons (Fsp3) is 0.194. The number of methoxy groups -OCH3 is 2. The van der Waals surface area contributed by atoms with Gasteiger partial charge in [0.25, 0.3) is 0 Å². The number of benzene rings is 3. The molecule has 5 rings (SSSR count). The minimum Gasteiger partial charge on any atom is -0.468 e. The molecule has 9 heteroatoms. The van der Waals surface area contributed by atoms with Crippen molar-refractivity contribution in [3.8, 4) is 0 Å². The standard InChI is InChI=1S/C31H26ClFN2O5/c1-39-30(37)25-22(17-7-4-3-5-8-17)16-23-26(28(25)36)24(18-9-6-10-19(32)15-18)27(31(38)40-2)29(34)35(23)21-13-11-20(33)12-14-21/h3-15,22,24-25H,16,34H2,1-2H3/t22-,24-,25+/m0/s1. The molecular weight excluding hydrogens is 535 g/mol. The number of ketones is 1. The van der Waals surface area contributed by atoms with Crippen LogP contribution in [0.15, 0.2) is 102 Å². The Kier molecular flexibility index (Phi) is 7.45. The van der Waals surface area contributed by atoms with Gasteiger partial charge in [0.05, 0.1) is 25.7 Å². The fourth-order valence-electron chi connectivity index (χ4n) is 5.65. The lowest BCUT2D eigenvalue weighted by Crippen LogP contribution is -2.46. The maximum absolute atomic E-state index is 14.5. The van der Waals surface area contributed by atoms with Gasteiger partial charge in [-0.2, -0.15) is 0 Å². The van der Waals surface area contributed by atoms with E-state index in [1.807, 2.05) is 30.3 Å². The van der Waals surface area contributed by atoms with Crippen LogP contribution in [0.5, 0.6) is 0 Å². The van der Waals surface area contributed by atoms with Crippen LogP contribution in [0.4, 0.5) is 10.1 Å². The van der Waals surface area contributed by atoms with Crippen LogP contribution in [0.3, 0.4) is 0 Å². The van der Waals surface area contributed by atoms with Crippen molar-refractivity contribution < 1.29 is 28.2 Å². The molecule has 2 aliphatic rings. The number of carbonyl (C=O) groups excluding carboxylic acids is 3. The molecule has 1 heterocycles. The number of esters is 2. The number of nitrogens with zero attached hydrogens (tertiary/aromatic N) is 1. The Morgan fingerprint density at radius 2 is 1.62 bits per heavy atom. The van der Waals surface area contributed by atoms with Crippen LogP contribution in [0.1, 0.15) is 29.4 Å². The largest absolute Gasteiger partial charge is 0.468 e. The summed E-state index contributed by atoms with van der Waals surface area (Å²) >= 11 is 6.33. The zero-order valence-electron chi connectivity index (χ0n) is 21.8. The zero-order valence-corrected chi connectivity index (χ0v) is 22.5. The summed E-state index contributed by atoms with van der Waals surface area (Å²) in [5.74, 6) is -5.13. The maximum atomic E-state index is 14.5. The van der Waals surface area contributed by atoms with Crippen molar-refractivity contribution >= 4 is 35.0 Å². The van der Waals surface area contributed by atoms with Crippen LogP contribution in [-0.2, 0) is 23.9 Å². The van der Waals surface area contributed by atoms with Crippen molar-refractivity contribution in [2.75, 3.05) is 19.1 Å². The molecule has 0 radical (unpaired) electrons. The Morgan fingerprint density at radius 1 is 0.950 bits per heavy atom. The van der Waals surface area contributed by atoms with E-state index in [2.05, 4.69) is 0 Å². The Hall–Kier alpha value is -4.43. The highest BCUT2D eigenvalue weighted by Gasteiger charge is 2.51. The van der Waals surface area contributed by atoms with Crippen molar-refractivity contribution in [1.29, 1.82) is 0 Å². The number of nitrogens with two attached hydrogens (primary N) is 1. The molecule has 1 aliphatic heterocycles. The van der Waals surface area contributed by atoms with E-state index >= 15 is 0 Å². The van der Waals surface area contributed by atoms with Gasteiger partial charge in [-0.1, -0.05) is 54.1 Å². The second-order valence-corrected chi connectivity index (χ2v) is 9.97. The highest BCUT2D eigenvalue weighted by atomic mass is 35.5. The van der Waals surface area contributed by atoms with Crippen LogP contribution >= 0.6 is 11.6 Å². The minimum absolute atomic E-state index is 0.00275. The summed E-state index contributed by atoms with van der Waals surface area (Å²) < 4.78 is 24.2. The summed E-state index contributed by atoms with van der Waals surface area (Å²) in [6, 6.07) is 21.5. The van der Waals surface area contributed by atoms with Crippen molar-refractivity contribution in [2.45, 2.75) is 18.3 Å². The number of anilines is 1. The highest BCUT2D eigenvalue weighted by Crippen LogP contribution is 2.51. The molecule has 2 N–H and O–H groups in total. The van der Waals surface area contributed by atoms with E-state index in [9.17, 15) is 18.8 Å². The number of Topliss-reactive ketones (excluding diaryl/α,β-unsaturated/α-hetero) is 1. The van der Waals surface area contributed by atoms with Crippen LogP contribution in [0.25, 0.3) is 0 Å². The minimum atomic E-state index is -1.18. The first-order chi connectivity index (χ1) is 19.3. The first-order valence-electron chi connectivity index (χ1n) is 12.6. The first kappa shape index (κ1) is 27.1. The molecule has 0 saturated heterocycles. The molecule has 0 amide bonds. The van der Waals surface area contributed by atoms with Gasteiger partial charge in [0.15, 0.2) is 5.78 Å². The monoisotopic (exact) mass is 560 g/mol. The van der Waals surface area contributed by atoms with E-state index in [1.165, 1.54) is 38.5 Å². The van der Waals surface area contributed by atoms with Gasteiger partial charge in [-0.3, -0.25) is 14.5 Å². The molecule has 0 spiro atoms. The summed E-state index contributed by atoms with van der Waals surface area (Å²) in [5, 5.41) is 0.387. The third-order valence-corrected chi connectivity index (χ3v) is 7.63. The van der Waals surface area contributed by atoms with E-state index in [0.717, 1.165) is 5.56 Å². The average Bonchev–Trinajstić information content (AvgIpc) is 2.96. The Labute approximate surface area is 235 Å². The Balaban J connectivity index is 1.83. The van der Waals surface area contributed by atoms with E-state index in [0.29, 0.717) is 22.0 Å². The molecule has 204 valence electrons. The fourth-order valence-corrected chi connectivity index (χ4v) is 5.85. The summed E-state index contributed by atoms with van der Waals surface area (Å²) in [5.41, 5.74) is 9.15. The lowest BCUT2D eigenvalue weighted by atomic mass is 9.67. The second-order valence-electron chi connectivity index (χ2n) is 9.54. The zero-order chi connectivity index (χ0) is 28.6. The van der Waals surface area contributed by atoms with Gasteiger partial charge in [0, 0.05) is 27.9 Å². The molecule has 3 atom stereocenters. The highest BCUT2D eigenvalue weighted by molar-refractivity contribution is 6.30. The van der Waals surface area contributed by atoms with E-state index in [4.69, 9.17) is 26.8 Å². The molecule has 7 nitrogen and oxygen atoms in total. The number of ether oxygens (including phenoxy) is 2. The molecule has 0 saturated carbocycles. The lowest BCUT2D eigenvalue weighted by molar-refractivity contribution is -0.150. The topological polar surface area (TPSA) is 98.9 Å². The maximum Gasteiger partial charge on any atom is 0.338 e. The van der Waals surface area contributed by atoms with Crippen molar-refractivity contribution in [2.24, 2.45) is 11.7 Å². The van der Waals surface area contributed by atoms with Gasteiger partial charge in [0.1, 0.15) is 17.6 Å². The Morgan fingerprint density at radius 3 is 2.25 bits per heavy atom. The molecule has 0 aromatic heterocycles. The van der Waals surface area contributed by atoms with Gasteiger partial charge >= 0.3 is 11.9 Å². The summed E-state index contributed by atoms with van der Waals surface area (Å²) in [6.07, 6.45) is 0.203. The smallest absolute Gasteiger partial charge is 0.338 e. The number of allylic oxidation sites excluding steroid dienone is 2. The molecule has 40 heavy (non-hydrogen) atoms. The lowest BCUT2D eigenvalue weighted by Gasteiger charge is -2.44. The van der Waals surface area contributed by atoms with Gasteiger partial charge in [0.2, 0.25) is 0 Å².